The number of nitrogens with zero attached hydrogens (tertiary/aromatic N) is 2. The van der Waals surface area contributed by atoms with Crippen molar-refractivity contribution in [2.24, 2.45) is 5.92 Å². The van der Waals surface area contributed by atoms with Crippen molar-refractivity contribution in [2.75, 3.05) is 26.2 Å². The number of piperidine rings is 2. The predicted molar refractivity (Wildman–Crippen MR) is 188 cm³/mol. The second kappa shape index (κ2) is 14.2. The fourth-order valence-electron chi connectivity index (χ4n) is 8.20. The number of rotatable bonds is 14. The van der Waals surface area contributed by atoms with Crippen LogP contribution in [-0.2, 0) is 10.2 Å². The molecule has 3 aliphatic rings. The van der Waals surface area contributed by atoms with Gasteiger partial charge in [-0.3, -0.25) is 4.79 Å². The summed E-state index contributed by atoms with van der Waals surface area (Å²) in [4.78, 5) is 23.0. The minimum Gasteiger partial charge on any atom is -0.354 e. The summed E-state index contributed by atoms with van der Waals surface area (Å²) in [6.45, 7) is 20.1. The van der Waals surface area contributed by atoms with Crippen LogP contribution in [0, 0.1) is 19.8 Å². The molecule has 3 aromatic rings. The number of fused-ring (bicyclic) bond motifs is 4. The Kier molecular flexibility index (Phi) is 10.6. The Bertz CT molecular complexity index is 1380. The first-order chi connectivity index (χ1) is 21.1. The number of carbonyl (C=O) groups is 1. The molecule has 1 atom stereocenters. The molecule has 0 unspecified atom stereocenters. The molecule has 1 amide bonds. The van der Waals surface area contributed by atoms with Crippen molar-refractivity contribution < 1.29 is 4.79 Å². The fraction of sp³-hybridized carbons (Fsp3) is 0.625. The summed E-state index contributed by atoms with van der Waals surface area (Å²) in [6, 6.07) is 14.2. The molecule has 2 aliphatic heterocycles. The standard InChI is InChI=1S/C40H59N3O/c1-8-10-12-20-42(21-13-11-9-2)26-30(5)37-35-25-33(40(6,7)39(44)43-27-31-14-17-34(43)18-15-31)16-19-36(35)41-38(37)32-23-28(3)22-29(4)24-32/h16,19,22-25,30-31,34,41H,8-15,17-18,20-21,26-27H2,1-7H3/t30-,31?,34?/m1/s1. The summed E-state index contributed by atoms with van der Waals surface area (Å²) in [5.74, 6) is 1.36. The zero-order valence-electron chi connectivity index (χ0n) is 28.9. The van der Waals surface area contributed by atoms with E-state index in [1.807, 2.05) is 0 Å². The van der Waals surface area contributed by atoms with Crippen molar-refractivity contribution in [1.29, 1.82) is 0 Å². The number of benzene rings is 2. The molecule has 2 aromatic carbocycles. The van der Waals surface area contributed by atoms with Crippen molar-refractivity contribution in [3.05, 3.63) is 58.7 Å². The van der Waals surface area contributed by atoms with Crippen molar-refractivity contribution in [3.8, 4) is 11.3 Å². The summed E-state index contributed by atoms with van der Waals surface area (Å²) in [5, 5.41) is 1.28. The quantitative estimate of drug-likeness (QED) is 0.188. The average Bonchev–Trinajstić information content (AvgIpc) is 3.40. The van der Waals surface area contributed by atoms with Crippen LogP contribution in [0.5, 0.6) is 0 Å². The van der Waals surface area contributed by atoms with Gasteiger partial charge in [0.25, 0.3) is 0 Å². The van der Waals surface area contributed by atoms with E-state index in [1.54, 1.807) is 0 Å². The highest BCUT2D eigenvalue weighted by Gasteiger charge is 2.42. The van der Waals surface area contributed by atoms with Gasteiger partial charge in [0.05, 0.1) is 11.1 Å². The Labute approximate surface area is 268 Å². The highest BCUT2D eigenvalue weighted by molar-refractivity contribution is 5.94. The summed E-state index contributed by atoms with van der Waals surface area (Å²) >= 11 is 0. The van der Waals surface area contributed by atoms with Gasteiger partial charge in [0.1, 0.15) is 0 Å². The Hall–Kier alpha value is -2.59. The summed E-state index contributed by atoms with van der Waals surface area (Å²) in [7, 11) is 0. The number of nitrogens with one attached hydrogen (secondary N) is 1. The molecule has 0 radical (unpaired) electrons. The first-order valence-corrected chi connectivity index (χ1v) is 17.9. The molecule has 44 heavy (non-hydrogen) atoms. The van der Waals surface area contributed by atoms with E-state index in [-0.39, 0.29) is 0 Å². The number of unbranched alkanes of at least 4 members (excludes halogenated alkanes) is 4. The maximum Gasteiger partial charge on any atom is 0.232 e. The third-order valence-electron chi connectivity index (χ3n) is 10.8. The molecule has 2 saturated heterocycles. The Morgan fingerprint density at radius 3 is 2.14 bits per heavy atom. The Balaban J connectivity index is 1.53. The molecule has 1 aliphatic carbocycles. The van der Waals surface area contributed by atoms with Crippen molar-refractivity contribution >= 4 is 16.8 Å². The molecule has 0 spiro atoms. The first-order valence-electron chi connectivity index (χ1n) is 17.9. The smallest absolute Gasteiger partial charge is 0.232 e. The second-order valence-electron chi connectivity index (χ2n) is 14.9. The molecular formula is C40H59N3O. The molecule has 4 nitrogen and oxygen atoms in total. The number of aryl methyl sites for hydroxylation is 2. The lowest BCUT2D eigenvalue weighted by Crippen LogP contribution is -2.55. The van der Waals surface area contributed by atoms with Gasteiger partial charge in [-0.2, -0.15) is 0 Å². The van der Waals surface area contributed by atoms with Crippen LogP contribution in [0.2, 0.25) is 0 Å². The number of hydrogen-bond acceptors (Lipinski definition) is 2. The van der Waals surface area contributed by atoms with Gasteiger partial charge in [0, 0.05) is 30.0 Å². The van der Waals surface area contributed by atoms with Crippen LogP contribution < -0.4 is 0 Å². The van der Waals surface area contributed by atoms with Crippen LogP contribution in [0.1, 0.15) is 127 Å². The number of hydrogen-bond donors (Lipinski definition) is 1. The first kappa shape index (κ1) is 32.8. The maximum absolute atomic E-state index is 14.2. The molecule has 1 aromatic heterocycles. The van der Waals surface area contributed by atoms with Crippen LogP contribution in [0.3, 0.4) is 0 Å². The van der Waals surface area contributed by atoms with E-state index in [0.29, 0.717) is 23.8 Å². The Morgan fingerprint density at radius 1 is 0.932 bits per heavy atom. The molecule has 3 fully saturated rings. The lowest BCUT2D eigenvalue weighted by molar-refractivity contribution is -0.144. The van der Waals surface area contributed by atoms with Gasteiger partial charge in [0.15, 0.2) is 0 Å². The van der Waals surface area contributed by atoms with Gasteiger partial charge in [-0.05, 0) is 132 Å². The predicted octanol–water partition coefficient (Wildman–Crippen LogP) is 9.92. The number of H-pyrrole nitrogens is 1. The molecule has 2 bridgehead atoms. The molecule has 3 heterocycles. The van der Waals surface area contributed by atoms with Crippen LogP contribution in [0.15, 0.2) is 36.4 Å². The van der Waals surface area contributed by atoms with E-state index in [4.69, 9.17) is 0 Å². The topological polar surface area (TPSA) is 39.3 Å². The molecule has 1 saturated carbocycles. The molecule has 6 rings (SSSR count). The zero-order valence-corrected chi connectivity index (χ0v) is 28.9. The van der Waals surface area contributed by atoms with Crippen LogP contribution in [-0.4, -0.2) is 52.9 Å². The second-order valence-corrected chi connectivity index (χ2v) is 14.9. The maximum atomic E-state index is 14.2. The van der Waals surface area contributed by atoms with Crippen molar-refractivity contribution in [2.45, 2.75) is 130 Å². The van der Waals surface area contributed by atoms with E-state index in [2.05, 4.69) is 99.6 Å². The summed E-state index contributed by atoms with van der Waals surface area (Å²) < 4.78 is 0. The summed E-state index contributed by atoms with van der Waals surface area (Å²) in [6.07, 6.45) is 12.6. The zero-order chi connectivity index (χ0) is 31.4. The minimum atomic E-state index is -0.560. The lowest BCUT2D eigenvalue weighted by Gasteiger charge is -2.47. The molecule has 4 heteroatoms. The van der Waals surface area contributed by atoms with Crippen LogP contribution in [0.4, 0.5) is 0 Å². The number of aromatic amines is 1. The third-order valence-corrected chi connectivity index (χ3v) is 10.8. The van der Waals surface area contributed by atoms with Gasteiger partial charge < -0.3 is 14.8 Å². The van der Waals surface area contributed by atoms with Crippen LogP contribution >= 0.6 is 0 Å². The number of amides is 1. The lowest BCUT2D eigenvalue weighted by atomic mass is 9.76. The van der Waals surface area contributed by atoms with Crippen molar-refractivity contribution in [3.63, 3.8) is 0 Å². The van der Waals surface area contributed by atoms with Gasteiger partial charge in [-0.25, -0.2) is 0 Å². The number of carbonyl (C=O) groups excluding carboxylic acids is 1. The highest BCUT2D eigenvalue weighted by atomic mass is 16.2. The third kappa shape index (κ3) is 7.11. The van der Waals surface area contributed by atoms with E-state index in [1.165, 1.54) is 116 Å². The van der Waals surface area contributed by atoms with Gasteiger partial charge in [-0.1, -0.05) is 69.7 Å². The minimum absolute atomic E-state index is 0.309. The molecule has 240 valence electrons. The van der Waals surface area contributed by atoms with Gasteiger partial charge in [0.2, 0.25) is 5.91 Å². The van der Waals surface area contributed by atoms with E-state index in [0.717, 1.165) is 18.7 Å². The monoisotopic (exact) mass is 597 g/mol. The van der Waals surface area contributed by atoms with E-state index < -0.39 is 5.41 Å². The Morgan fingerprint density at radius 2 is 1.57 bits per heavy atom. The number of aromatic nitrogens is 1. The molecule has 1 N–H and O–H groups in total. The van der Waals surface area contributed by atoms with Gasteiger partial charge >= 0.3 is 0 Å². The summed E-state index contributed by atoms with van der Waals surface area (Å²) in [5.41, 5.74) is 8.26. The fourth-order valence-corrected chi connectivity index (χ4v) is 8.20. The van der Waals surface area contributed by atoms with Crippen LogP contribution in [0.25, 0.3) is 22.2 Å². The highest BCUT2D eigenvalue weighted by Crippen LogP contribution is 2.41. The average molecular weight is 598 g/mol. The normalized spacial score (nSPS) is 19.3. The molecular weight excluding hydrogens is 538 g/mol. The van der Waals surface area contributed by atoms with Crippen molar-refractivity contribution in [1.82, 2.24) is 14.8 Å². The largest absolute Gasteiger partial charge is 0.354 e. The van der Waals surface area contributed by atoms with E-state index >= 15 is 0 Å². The van der Waals surface area contributed by atoms with Gasteiger partial charge in [-0.15, -0.1) is 0 Å². The van der Waals surface area contributed by atoms with E-state index in [9.17, 15) is 4.79 Å². The SMILES string of the molecule is CCCCCN(CCCCC)C[C@@H](C)c1c(-c2cc(C)cc(C)c2)[nH]c2ccc(C(C)(C)C(=O)N3CC4CCC3CC4)cc12.